The standard InChI is InChI=1S/C5H5N.C3H8O3S.H2O4S/c1-2-4-6-5-3-1;1-2-3-7(4,5)6;1-5(2,3)4/h1-5H;2-3H2,1H3,(H,4,5,6);(H2,1,2,3,4)/p-1. The Hall–Kier alpha value is -1.07. The number of pyridine rings is 1. The van der Waals surface area contributed by atoms with E-state index in [1.54, 1.807) is 6.92 Å². The molecule has 2 N–H and O–H groups in total. The predicted molar refractivity (Wildman–Crippen MR) is 60.2 cm³/mol. The molecule has 0 atom stereocenters. The molecule has 0 bridgehead atoms. The quantitative estimate of drug-likeness (QED) is 0.568. The molecule has 0 aliphatic heterocycles. The normalized spacial score (nSPS) is 10.4. The van der Waals surface area contributed by atoms with Gasteiger partial charge in [0.05, 0.1) is 10.1 Å². The van der Waals surface area contributed by atoms with E-state index in [0.29, 0.717) is 6.42 Å². The van der Waals surface area contributed by atoms with Gasteiger partial charge in [0.1, 0.15) is 0 Å². The van der Waals surface area contributed by atoms with Gasteiger partial charge in [-0.05, 0) is 6.42 Å². The number of hydrogen-bond donors (Lipinski definition) is 1. The first-order chi connectivity index (χ1) is 8.06. The topological polar surface area (TPSA) is 149 Å². The summed E-state index contributed by atoms with van der Waals surface area (Å²) in [6, 6.07) is 5.86. The van der Waals surface area contributed by atoms with Crippen LogP contribution < -0.4 is 4.98 Å². The lowest BCUT2D eigenvalue weighted by Gasteiger charge is -2.00. The van der Waals surface area contributed by atoms with Crippen molar-refractivity contribution in [3.05, 3.63) is 30.6 Å². The van der Waals surface area contributed by atoms with Crippen LogP contribution in [0.4, 0.5) is 0 Å². The first-order valence-corrected chi connectivity index (χ1v) is 7.53. The lowest BCUT2D eigenvalue weighted by Crippen LogP contribution is -2.01. The second-order valence-corrected chi connectivity index (χ2v) is 5.15. The van der Waals surface area contributed by atoms with E-state index in [-0.39, 0.29) is 5.75 Å². The van der Waals surface area contributed by atoms with E-state index in [1.807, 2.05) is 30.6 Å². The molecule has 0 aliphatic rings. The van der Waals surface area contributed by atoms with Crippen LogP contribution in [0.2, 0.25) is 0 Å². The zero-order chi connectivity index (χ0) is 14.7. The smallest absolute Gasteiger partial charge is 0.215 e. The van der Waals surface area contributed by atoms with Crippen molar-refractivity contribution in [2.24, 2.45) is 0 Å². The van der Waals surface area contributed by atoms with Crippen LogP contribution in [0, 0.1) is 0 Å². The predicted octanol–water partition coefficient (Wildman–Crippen LogP) is -0.553. The maximum atomic E-state index is 9.68. The number of H-pyrrole nitrogens is 1. The summed E-state index contributed by atoms with van der Waals surface area (Å²) in [5.41, 5.74) is 0. The van der Waals surface area contributed by atoms with Gasteiger partial charge >= 0.3 is 0 Å². The van der Waals surface area contributed by atoms with Gasteiger partial charge in [-0.15, -0.1) is 0 Å². The van der Waals surface area contributed by atoms with Crippen LogP contribution in [0.1, 0.15) is 13.3 Å². The van der Waals surface area contributed by atoms with Gasteiger partial charge in [0.15, 0.2) is 12.4 Å². The van der Waals surface area contributed by atoms with Crippen molar-refractivity contribution in [2.75, 3.05) is 5.75 Å². The van der Waals surface area contributed by atoms with Crippen molar-refractivity contribution in [3.63, 3.8) is 0 Å². The van der Waals surface area contributed by atoms with Crippen molar-refractivity contribution in [2.45, 2.75) is 13.3 Å². The molecule has 0 saturated heterocycles. The minimum Gasteiger partial charge on any atom is -0.748 e. The molecule has 1 rings (SSSR count). The summed E-state index contributed by atoms with van der Waals surface area (Å²) in [6.45, 7) is 1.65. The van der Waals surface area contributed by atoms with Crippen LogP contribution in [-0.2, 0) is 20.5 Å². The summed E-state index contributed by atoms with van der Waals surface area (Å²) in [5, 5.41) is 0. The van der Waals surface area contributed by atoms with E-state index in [2.05, 4.69) is 4.98 Å². The Bertz CT molecular complexity index is 449. The molecule has 18 heavy (non-hydrogen) atoms. The van der Waals surface area contributed by atoms with Crippen LogP contribution in [0.3, 0.4) is 0 Å². The molecule has 0 aromatic carbocycles. The third-order valence-corrected chi connectivity index (χ3v) is 1.97. The summed E-state index contributed by atoms with van der Waals surface area (Å²) in [5.74, 6) is -0.243. The summed E-state index contributed by atoms with van der Waals surface area (Å²) in [4.78, 5) is 2.89. The van der Waals surface area contributed by atoms with Gasteiger partial charge < -0.3 is 9.11 Å². The minimum atomic E-state index is -4.92. The van der Waals surface area contributed by atoms with Crippen LogP contribution in [0.25, 0.3) is 0 Å². The summed E-state index contributed by atoms with van der Waals surface area (Å²) in [6.07, 6.45) is 4.16. The second kappa shape index (κ2) is 9.91. The summed E-state index contributed by atoms with van der Waals surface area (Å²) < 4.78 is 61.9. The molecular weight excluding hydrogens is 286 g/mol. The van der Waals surface area contributed by atoms with Crippen molar-refractivity contribution in [3.8, 4) is 0 Å². The average molecular weight is 300 g/mol. The highest BCUT2D eigenvalue weighted by molar-refractivity contribution is 7.85. The zero-order valence-corrected chi connectivity index (χ0v) is 11.1. The zero-order valence-electron chi connectivity index (χ0n) is 9.51. The molecule has 0 spiro atoms. The number of aromatic nitrogens is 1. The van der Waals surface area contributed by atoms with Crippen LogP contribution in [0.15, 0.2) is 30.6 Å². The molecule has 0 unspecified atom stereocenters. The molecule has 1 aromatic heterocycles. The van der Waals surface area contributed by atoms with E-state index < -0.39 is 20.5 Å². The number of aromatic amines is 1. The highest BCUT2D eigenvalue weighted by atomic mass is 32.3. The monoisotopic (exact) mass is 300 g/mol. The molecule has 0 saturated carbocycles. The minimum absolute atomic E-state index is 0.243. The third-order valence-electron chi connectivity index (χ3n) is 1.06. The Morgan fingerprint density at radius 1 is 1.06 bits per heavy atom. The molecule has 1 heterocycles. The molecule has 0 amide bonds. The average Bonchev–Trinajstić information content (AvgIpc) is 2.16. The van der Waals surface area contributed by atoms with Crippen molar-refractivity contribution in [1.29, 1.82) is 0 Å². The molecule has 0 radical (unpaired) electrons. The van der Waals surface area contributed by atoms with Crippen LogP contribution in [0.5, 0.6) is 0 Å². The van der Waals surface area contributed by atoms with E-state index in [0.717, 1.165) is 0 Å². The lowest BCUT2D eigenvalue weighted by molar-refractivity contribution is -0.377. The summed E-state index contributed by atoms with van der Waals surface area (Å²) >= 11 is 0. The number of nitrogens with one attached hydrogen (secondary N) is 1. The Morgan fingerprint density at radius 3 is 1.50 bits per heavy atom. The Kier molecular flexibility index (Phi) is 10.6. The van der Waals surface area contributed by atoms with Crippen LogP contribution in [-0.4, -0.2) is 36.2 Å². The van der Waals surface area contributed by atoms with Gasteiger partial charge in [-0.1, -0.05) is 13.0 Å². The highest BCUT2D eigenvalue weighted by Gasteiger charge is 1.86. The molecule has 0 aliphatic carbocycles. The molecule has 8 nitrogen and oxygen atoms in total. The van der Waals surface area contributed by atoms with Crippen molar-refractivity contribution in [1.82, 2.24) is 0 Å². The van der Waals surface area contributed by atoms with Crippen molar-refractivity contribution >= 4 is 20.5 Å². The molecule has 10 heteroatoms. The molecular formula is C8H14NO7S2-. The van der Waals surface area contributed by atoms with E-state index in [1.165, 1.54) is 0 Å². The first kappa shape index (κ1) is 19.3. The lowest BCUT2D eigenvalue weighted by atomic mass is 10.5. The maximum absolute atomic E-state index is 9.68. The van der Waals surface area contributed by atoms with Crippen molar-refractivity contribution < 1.29 is 35.5 Å². The van der Waals surface area contributed by atoms with Gasteiger partial charge in [-0.3, -0.25) is 4.55 Å². The number of rotatable bonds is 2. The Balaban J connectivity index is 0. The van der Waals surface area contributed by atoms with E-state index in [4.69, 9.17) is 17.5 Å². The fourth-order valence-corrected chi connectivity index (χ4v) is 1.09. The first-order valence-electron chi connectivity index (χ1n) is 4.59. The molecule has 1 aromatic rings. The van der Waals surface area contributed by atoms with Gasteiger partial charge in [-0.25, -0.2) is 21.8 Å². The Labute approximate surface area is 106 Å². The van der Waals surface area contributed by atoms with Gasteiger partial charge in [-0.2, -0.15) is 0 Å². The number of hydrogen-bond acceptors (Lipinski definition) is 6. The summed E-state index contributed by atoms with van der Waals surface area (Å²) in [7, 11) is -8.84. The van der Waals surface area contributed by atoms with E-state index >= 15 is 0 Å². The fourth-order valence-electron chi connectivity index (χ4n) is 0.592. The third kappa shape index (κ3) is 36.3. The Morgan fingerprint density at radius 2 is 1.44 bits per heavy atom. The van der Waals surface area contributed by atoms with E-state index in [9.17, 15) is 13.0 Å². The largest absolute Gasteiger partial charge is 0.748 e. The molecule has 106 valence electrons. The van der Waals surface area contributed by atoms with Gasteiger partial charge in [0, 0.05) is 17.9 Å². The molecule has 0 fully saturated rings. The SMILES string of the molecule is CCCS(=O)(=O)[O-].O=S(=O)([O-])O.c1cc[nH+]cc1. The fraction of sp³-hybridized carbons (Fsp3) is 0.375. The van der Waals surface area contributed by atoms with Gasteiger partial charge in [0.2, 0.25) is 10.4 Å². The van der Waals surface area contributed by atoms with Gasteiger partial charge in [0.25, 0.3) is 0 Å². The van der Waals surface area contributed by atoms with Crippen LogP contribution >= 0.6 is 0 Å². The highest BCUT2D eigenvalue weighted by Crippen LogP contribution is 1.83. The second-order valence-electron chi connectivity index (χ2n) is 2.77. The maximum Gasteiger partial charge on any atom is 0.215 e.